The maximum atomic E-state index is 12.2. The molecule has 2 aliphatic heterocycles. The van der Waals surface area contributed by atoms with E-state index in [1.165, 1.54) is 0 Å². The summed E-state index contributed by atoms with van der Waals surface area (Å²) < 4.78 is 5.27. The third-order valence-corrected chi connectivity index (χ3v) is 3.67. The minimum absolute atomic E-state index is 0.104. The molecule has 0 spiro atoms. The van der Waals surface area contributed by atoms with Crippen LogP contribution in [0.3, 0.4) is 0 Å². The van der Waals surface area contributed by atoms with Crippen molar-refractivity contribution in [3.8, 4) is 0 Å². The normalized spacial score (nSPS) is 28.6. The Kier molecular flexibility index (Phi) is 4.73. The van der Waals surface area contributed by atoms with Crippen LogP contribution >= 0.6 is 0 Å². The van der Waals surface area contributed by atoms with Crippen LogP contribution in [0.25, 0.3) is 0 Å². The van der Waals surface area contributed by atoms with Crippen LogP contribution < -0.4 is 0 Å². The van der Waals surface area contributed by atoms with Crippen LogP contribution in [0.1, 0.15) is 12.8 Å². The van der Waals surface area contributed by atoms with Gasteiger partial charge in [0.2, 0.25) is 0 Å². The molecule has 2 N–H and O–H groups in total. The predicted molar refractivity (Wildman–Crippen MR) is 65.6 cm³/mol. The first kappa shape index (κ1) is 14.2. The van der Waals surface area contributed by atoms with Crippen molar-refractivity contribution in [1.29, 1.82) is 0 Å². The van der Waals surface area contributed by atoms with E-state index in [9.17, 15) is 9.59 Å². The fourth-order valence-corrected chi connectivity index (χ4v) is 2.54. The number of aliphatic carboxylic acids is 1. The van der Waals surface area contributed by atoms with Gasteiger partial charge in [-0.25, -0.2) is 4.79 Å². The van der Waals surface area contributed by atoms with Gasteiger partial charge in [0.25, 0.3) is 5.91 Å². The summed E-state index contributed by atoms with van der Waals surface area (Å²) in [7, 11) is 0. The molecule has 108 valence electrons. The Hall–Kier alpha value is -1.18. The second kappa shape index (κ2) is 6.31. The SMILES string of the molecule is O=C(O)C1CCC(C(=O)N2CCN(CCO)CC2)O1. The number of carboxylic acids is 1. The smallest absolute Gasteiger partial charge is 0.332 e. The number of carbonyl (C=O) groups excluding carboxylic acids is 1. The summed E-state index contributed by atoms with van der Waals surface area (Å²) in [5.74, 6) is -1.10. The molecule has 0 radical (unpaired) electrons. The van der Waals surface area contributed by atoms with Crippen LogP contribution in [0.4, 0.5) is 0 Å². The highest BCUT2D eigenvalue weighted by Crippen LogP contribution is 2.22. The number of hydrogen-bond acceptors (Lipinski definition) is 5. The highest BCUT2D eigenvalue weighted by molar-refractivity contribution is 5.82. The van der Waals surface area contributed by atoms with Crippen LogP contribution in [0.2, 0.25) is 0 Å². The van der Waals surface area contributed by atoms with Crippen molar-refractivity contribution < 1.29 is 24.5 Å². The quantitative estimate of drug-likeness (QED) is 0.665. The van der Waals surface area contributed by atoms with E-state index in [0.29, 0.717) is 32.5 Å². The molecule has 0 aliphatic carbocycles. The van der Waals surface area contributed by atoms with Gasteiger partial charge in [-0.15, -0.1) is 0 Å². The van der Waals surface area contributed by atoms with E-state index in [1.807, 2.05) is 0 Å². The highest BCUT2D eigenvalue weighted by atomic mass is 16.5. The molecule has 2 unspecified atom stereocenters. The van der Waals surface area contributed by atoms with Gasteiger partial charge >= 0.3 is 5.97 Å². The van der Waals surface area contributed by atoms with Gasteiger partial charge < -0.3 is 19.8 Å². The maximum absolute atomic E-state index is 12.2. The number of β-amino-alcohol motifs (C(OH)–C–C–N with tert-alkyl or cyclic N) is 1. The number of amides is 1. The second-order valence-electron chi connectivity index (χ2n) is 4.92. The molecule has 0 aromatic rings. The van der Waals surface area contributed by atoms with Gasteiger partial charge in [0, 0.05) is 32.7 Å². The number of ether oxygens (including phenoxy) is 1. The lowest BCUT2D eigenvalue weighted by atomic mass is 10.1. The number of carboxylic acid groups (broad SMARTS) is 1. The topological polar surface area (TPSA) is 90.3 Å². The Morgan fingerprint density at radius 1 is 1.11 bits per heavy atom. The van der Waals surface area contributed by atoms with Crippen molar-refractivity contribution in [2.24, 2.45) is 0 Å². The molecular weight excluding hydrogens is 252 g/mol. The highest BCUT2D eigenvalue weighted by Gasteiger charge is 2.37. The van der Waals surface area contributed by atoms with Gasteiger partial charge in [-0.3, -0.25) is 9.69 Å². The van der Waals surface area contributed by atoms with Gasteiger partial charge in [0.15, 0.2) is 6.10 Å². The van der Waals surface area contributed by atoms with E-state index in [4.69, 9.17) is 14.9 Å². The molecule has 2 saturated heterocycles. The van der Waals surface area contributed by atoms with E-state index < -0.39 is 18.2 Å². The zero-order valence-corrected chi connectivity index (χ0v) is 10.8. The first-order valence-corrected chi connectivity index (χ1v) is 6.62. The van der Waals surface area contributed by atoms with Gasteiger partial charge in [0.05, 0.1) is 6.61 Å². The van der Waals surface area contributed by atoms with Crippen LogP contribution in [0.15, 0.2) is 0 Å². The number of aliphatic hydroxyl groups excluding tert-OH is 1. The molecule has 2 rings (SSSR count). The summed E-state index contributed by atoms with van der Waals surface area (Å²) in [5.41, 5.74) is 0. The summed E-state index contributed by atoms with van der Waals surface area (Å²) in [4.78, 5) is 26.8. The van der Waals surface area contributed by atoms with Crippen LogP contribution in [0.5, 0.6) is 0 Å². The van der Waals surface area contributed by atoms with Crippen molar-refractivity contribution in [2.45, 2.75) is 25.0 Å². The predicted octanol–water partition coefficient (Wildman–Crippen LogP) is -1.24. The fourth-order valence-electron chi connectivity index (χ4n) is 2.54. The molecule has 19 heavy (non-hydrogen) atoms. The number of rotatable bonds is 4. The average molecular weight is 272 g/mol. The van der Waals surface area contributed by atoms with Gasteiger partial charge in [-0.1, -0.05) is 0 Å². The monoisotopic (exact) mass is 272 g/mol. The van der Waals surface area contributed by atoms with Crippen LogP contribution in [-0.2, 0) is 14.3 Å². The minimum atomic E-state index is -0.997. The first-order valence-electron chi connectivity index (χ1n) is 6.62. The van der Waals surface area contributed by atoms with Crippen molar-refractivity contribution in [2.75, 3.05) is 39.3 Å². The number of nitrogens with zero attached hydrogens (tertiary/aromatic N) is 2. The summed E-state index contributed by atoms with van der Waals surface area (Å²) in [6.45, 7) is 3.44. The molecule has 2 aliphatic rings. The molecular formula is C12H20N2O5. The van der Waals surface area contributed by atoms with Crippen molar-refractivity contribution >= 4 is 11.9 Å². The zero-order chi connectivity index (χ0) is 13.8. The Balaban J connectivity index is 1.80. The molecule has 2 atom stereocenters. The van der Waals surface area contributed by atoms with Gasteiger partial charge in [0.1, 0.15) is 6.10 Å². The molecule has 0 saturated carbocycles. The Morgan fingerprint density at radius 2 is 1.74 bits per heavy atom. The van der Waals surface area contributed by atoms with E-state index in [2.05, 4.69) is 4.90 Å². The lowest BCUT2D eigenvalue weighted by Crippen LogP contribution is -2.52. The Morgan fingerprint density at radius 3 is 2.26 bits per heavy atom. The number of carbonyl (C=O) groups is 2. The van der Waals surface area contributed by atoms with Gasteiger partial charge in [-0.05, 0) is 12.8 Å². The summed E-state index contributed by atoms with van der Waals surface area (Å²) in [6, 6.07) is 0. The average Bonchev–Trinajstić information content (AvgIpc) is 2.89. The van der Waals surface area contributed by atoms with Crippen LogP contribution in [-0.4, -0.2) is 83.4 Å². The molecule has 7 heteroatoms. The summed E-state index contributed by atoms with van der Waals surface area (Å²) in [5, 5.41) is 17.7. The second-order valence-corrected chi connectivity index (χ2v) is 4.92. The molecule has 7 nitrogen and oxygen atoms in total. The third-order valence-electron chi connectivity index (χ3n) is 3.67. The standard InChI is InChI=1S/C12H20N2O5/c15-8-7-13-3-5-14(6-4-13)11(16)9-1-2-10(19-9)12(17)18/h9-10,15H,1-8H2,(H,17,18). The number of hydrogen-bond donors (Lipinski definition) is 2. The van der Waals surface area contributed by atoms with E-state index in [1.54, 1.807) is 4.90 Å². The summed E-state index contributed by atoms with van der Waals surface area (Å²) >= 11 is 0. The van der Waals surface area contributed by atoms with E-state index in [0.717, 1.165) is 13.1 Å². The van der Waals surface area contributed by atoms with Crippen molar-refractivity contribution in [3.63, 3.8) is 0 Å². The van der Waals surface area contributed by atoms with Crippen molar-refractivity contribution in [1.82, 2.24) is 9.80 Å². The van der Waals surface area contributed by atoms with E-state index >= 15 is 0 Å². The molecule has 1 amide bonds. The molecule has 0 aromatic heterocycles. The lowest BCUT2D eigenvalue weighted by Gasteiger charge is -2.35. The fraction of sp³-hybridized carbons (Fsp3) is 0.833. The van der Waals surface area contributed by atoms with Gasteiger partial charge in [-0.2, -0.15) is 0 Å². The largest absolute Gasteiger partial charge is 0.479 e. The van der Waals surface area contributed by atoms with Crippen LogP contribution in [0, 0.1) is 0 Å². The van der Waals surface area contributed by atoms with Crippen molar-refractivity contribution in [3.05, 3.63) is 0 Å². The summed E-state index contributed by atoms with van der Waals surface area (Å²) in [6.07, 6.45) is -0.571. The van der Waals surface area contributed by atoms with E-state index in [-0.39, 0.29) is 12.5 Å². The molecule has 0 bridgehead atoms. The third kappa shape index (κ3) is 3.43. The maximum Gasteiger partial charge on any atom is 0.332 e. The molecule has 2 fully saturated rings. The first-order chi connectivity index (χ1) is 9.11. The number of aliphatic hydroxyl groups is 1. The zero-order valence-electron chi connectivity index (χ0n) is 10.8. The molecule has 0 aromatic carbocycles. The minimum Gasteiger partial charge on any atom is -0.479 e. The Labute approximate surface area is 111 Å². The number of piperazine rings is 1. The Bertz CT molecular complexity index is 341. The lowest BCUT2D eigenvalue weighted by molar-refractivity contribution is -0.155. The molecule has 2 heterocycles.